The Morgan fingerprint density at radius 1 is 0.778 bits per heavy atom. The van der Waals surface area contributed by atoms with Gasteiger partial charge in [-0.15, -0.1) is 15.0 Å². The fourth-order valence-electron chi connectivity index (χ4n) is 7.50. The molecule has 1 atom stereocenters. The second-order valence-corrected chi connectivity index (χ2v) is 15.2. The van der Waals surface area contributed by atoms with Crippen LogP contribution in [0.15, 0.2) is 150 Å². The predicted molar refractivity (Wildman–Crippen MR) is 217 cm³/mol. The van der Waals surface area contributed by atoms with Gasteiger partial charge in [-0.2, -0.15) is 0 Å². The zero-order chi connectivity index (χ0) is 37.1. The fraction of sp³-hybridized carbons (Fsp3) is 0.163. The molecule has 0 saturated carbocycles. The first-order chi connectivity index (χ1) is 26.5. The highest BCUT2D eigenvalue weighted by molar-refractivity contribution is 9.10. The van der Waals surface area contributed by atoms with E-state index in [1.165, 1.54) is 0 Å². The first kappa shape index (κ1) is 35.6. The van der Waals surface area contributed by atoms with Crippen molar-refractivity contribution in [2.75, 3.05) is 0 Å². The molecule has 0 aliphatic carbocycles. The Hall–Kier alpha value is -5.41. The monoisotopic (exact) mass is 795 g/mol. The molecular weight excluding hydrogens is 757 g/mol. The van der Waals surface area contributed by atoms with Crippen LogP contribution in [-0.2, 0) is 29.2 Å². The summed E-state index contributed by atoms with van der Waals surface area (Å²) >= 11 is 3.58. The Kier molecular flexibility index (Phi) is 10.2. The van der Waals surface area contributed by atoms with E-state index in [1.54, 1.807) is 4.80 Å². The van der Waals surface area contributed by atoms with E-state index in [2.05, 4.69) is 105 Å². The normalized spacial score (nSPS) is 12.4. The molecule has 270 valence electrons. The number of imidazole rings is 1. The molecule has 9 nitrogen and oxygen atoms in total. The highest BCUT2D eigenvalue weighted by Crippen LogP contribution is 2.40. The zero-order valence-electron chi connectivity index (χ0n) is 29.8. The number of hydrogen-bond donors (Lipinski definition) is 1. The van der Waals surface area contributed by atoms with Gasteiger partial charge in [0.2, 0.25) is 5.82 Å². The highest BCUT2D eigenvalue weighted by atomic mass is 79.9. The lowest BCUT2D eigenvalue weighted by molar-refractivity contribution is 0.396. The maximum Gasteiger partial charge on any atom is 0.207 e. The van der Waals surface area contributed by atoms with E-state index in [1.807, 2.05) is 72.8 Å². The Morgan fingerprint density at radius 3 is 2.04 bits per heavy atom. The number of para-hydroxylation sites is 1. The molecule has 3 aromatic heterocycles. The summed E-state index contributed by atoms with van der Waals surface area (Å²) in [5.74, 6) is 1.42. The number of hydrogen-bond acceptors (Lipinski definition) is 5. The van der Waals surface area contributed by atoms with E-state index in [9.17, 15) is 9.46 Å². The third-order valence-electron chi connectivity index (χ3n) is 10.0. The molecule has 54 heavy (non-hydrogen) atoms. The second kappa shape index (κ2) is 15.5. The van der Waals surface area contributed by atoms with Crippen molar-refractivity contribution in [3.63, 3.8) is 0 Å². The van der Waals surface area contributed by atoms with Crippen LogP contribution in [-0.4, -0.2) is 39.2 Å². The fourth-order valence-corrected chi connectivity index (χ4v) is 8.96. The van der Waals surface area contributed by atoms with Crippen LogP contribution in [0.2, 0.25) is 0 Å². The van der Waals surface area contributed by atoms with E-state index in [0.29, 0.717) is 17.0 Å². The molecule has 1 unspecified atom stereocenters. The summed E-state index contributed by atoms with van der Waals surface area (Å²) in [6, 6.07) is 47.5. The van der Waals surface area contributed by atoms with Crippen LogP contribution < -0.4 is 0 Å². The summed E-state index contributed by atoms with van der Waals surface area (Å²) in [6.45, 7) is 2.68. The molecule has 0 saturated heterocycles. The molecule has 3 heterocycles. The van der Waals surface area contributed by atoms with Crippen LogP contribution in [0.4, 0.5) is 0 Å². The third kappa shape index (κ3) is 6.55. The number of nitrogens with zero attached hydrogens (tertiary/aromatic N) is 7. The molecule has 5 aromatic carbocycles. The average molecular weight is 797 g/mol. The molecule has 8 aromatic rings. The minimum absolute atomic E-state index is 0.0719. The standard InChI is InChI=1S/C43H39BrN7O2P/c1-2-3-26-40-45-41(44)39(30-54(52)53)50(40)29-31-16-15-25-37-35(31)27-28-49(37)38-24-14-13-23-36(38)42-46-48-51(47-42)43(32-17-7-4-8-18-32,33-19-9-5-10-20-33)34-21-11-6-12-22-34/h4-25,27-28,54H,2-3,26,29-30H2,1H3,(H,52,53). The summed E-state index contributed by atoms with van der Waals surface area (Å²) in [5, 5.41) is 15.8. The van der Waals surface area contributed by atoms with E-state index in [-0.39, 0.29) is 6.16 Å². The molecule has 0 amide bonds. The lowest BCUT2D eigenvalue weighted by atomic mass is 9.77. The number of benzene rings is 5. The van der Waals surface area contributed by atoms with Gasteiger partial charge in [0.1, 0.15) is 10.4 Å². The van der Waals surface area contributed by atoms with Gasteiger partial charge in [0.05, 0.1) is 23.1 Å². The number of halogens is 1. The third-order valence-corrected chi connectivity index (χ3v) is 11.3. The molecule has 1 N–H and O–H groups in total. The Morgan fingerprint density at radius 2 is 1.41 bits per heavy atom. The Balaban J connectivity index is 1.23. The number of unbranched alkanes of at least 4 members (excludes halogenated alkanes) is 1. The quantitative estimate of drug-likeness (QED) is 0.0922. The van der Waals surface area contributed by atoms with E-state index in [4.69, 9.17) is 20.4 Å². The lowest BCUT2D eigenvalue weighted by Crippen LogP contribution is -2.39. The van der Waals surface area contributed by atoms with Gasteiger partial charge in [-0.3, -0.25) is 4.57 Å². The van der Waals surface area contributed by atoms with Crippen LogP contribution in [0.1, 0.15) is 53.5 Å². The lowest BCUT2D eigenvalue weighted by Gasteiger charge is -2.34. The molecule has 0 radical (unpaired) electrons. The van der Waals surface area contributed by atoms with E-state index in [0.717, 1.165) is 75.2 Å². The van der Waals surface area contributed by atoms with Crippen molar-refractivity contribution in [2.45, 2.75) is 44.4 Å². The highest BCUT2D eigenvalue weighted by Gasteiger charge is 2.41. The van der Waals surface area contributed by atoms with Crippen LogP contribution in [0, 0.1) is 0 Å². The van der Waals surface area contributed by atoms with Crippen LogP contribution in [0.25, 0.3) is 28.0 Å². The van der Waals surface area contributed by atoms with Gasteiger partial charge in [0.15, 0.2) is 13.6 Å². The van der Waals surface area contributed by atoms with Gasteiger partial charge in [-0.25, -0.2) is 4.98 Å². The molecule has 8 rings (SSSR count). The van der Waals surface area contributed by atoms with Gasteiger partial charge in [-0.05, 0) is 74.1 Å². The minimum Gasteiger partial charge on any atom is -0.346 e. The van der Waals surface area contributed by atoms with Crippen LogP contribution >= 0.6 is 24.0 Å². The van der Waals surface area contributed by atoms with E-state index < -0.39 is 13.6 Å². The van der Waals surface area contributed by atoms with Crippen molar-refractivity contribution in [2.24, 2.45) is 0 Å². The summed E-state index contributed by atoms with van der Waals surface area (Å²) in [7, 11) is -2.75. The van der Waals surface area contributed by atoms with Gasteiger partial charge in [0, 0.05) is 30.1 Å². The second-order valence-electron chi connectivity index (χ2n) is 13.3. The molecule has 0 spiro atoms. The predicted octanol–water partition coefficient (Wildman–Crippen LogP) is 9.44. The number of rotatable bonds is 13. The van der Waals surface area contributed by atoms with Crippen LogP contribution in [0.3, 0.4) is 0 Å². The molecule has 0 aliphatic heterocycles. The summed E-state index contributed by atoms with van der Waals surface area (Å²) in [6.07, 6.45) is 4.95. The summed E-state index contributed by atoms with van der Waals surface area (Å²) < 4.78 is 17.0. The SMILES string of the molecule is CCCCc1nc(Br)c(C[PH](=O)O)n1Cc1cccc2c1ccn2-c1ccccc1-c1nnn(C(c2ccccc2)(c2ccccc2)c2ccccc2)n1. The average Bonchev–Trinajstić information content (AvgIpc) is 3.94. The minimum atomic E-state index is -2.75. The first-order valence-electron chi connectivity index (χ1n) is 18.1. The van der Waals surface area contributed by atoms with Crippen molar-refractivity contribution >= 4 is 34.9 Å². The Labute approximate surface area is 323 Å². The molecule has 0 aliphatic rings. The van der Waals surface area contributed by atoms with Gasteiger partial charge < -0.3 is 14.0 Å². The molecule has 11 heteroatoms. The first-order valence-corrected chi connectivity index (χ1v) is 20.5. The van der Waals surface area contributed by atoms with Gasteiger partial charge >= 0.3 is 0 Å². The topological polar surface area (TPSA) is 104 Å². The van der Waals surface area contributed by atoms with Crippen LogP contribution in [0.5, 0.6) is 0 Å². The number of aryl methyl sites for hydroxylation is 1. The smallest absolute Gasteiger partial charge is 0.207 e. The van der Waals surface area contributed by atoms with E-state index >= 15 is 0 Å². The van der Waals surface area contributed by atoms with Gasteiger partial charge in [0.25, 0.3) is 0 Å². The molecule has 0 bridgehead atoms. The van der Waals surface area contributed by atoms with Crippen molar-refractivity contribution < 1.29 is 9.46 Å². The number of aromatic nitrogens is 7. The van der Waals surface area contributed by atoms with Crippen molar-refractivity contribution in [3.8, 4) is 17.1 Å². The summed E-state index contributed by atoms with van der Waals surface area (Å²) in [4.78, 5) is 16.4. The Bertz CT molecular complexity index is 2450. The van der Waals surface area contributed by atoms with Crippen molar-refractivity contribution in [3.05, 3.63) is 184 Å². The maximum absolute atomic E-state index is 12.0. The maximum atomic E-state index is 12.0. The largest absolute Gasteiger partial charge is 0.346 e. The zero-order valence-corrected chi connectivity index (χ0v) is 32.3. The van der Waals surface area contributed by atoms with Gasteiger partial charge in [-0.1, -0.05) is 129 Å². The number of tetrazole rings is 1. The number of fused-ring (bicyclic) bond motifs is 1. The molecular formula is C43H39BrN7O2P. The van der Waals surface area contributed by atoms with Crippen molar-refractivity contribution in [1.29, 1.82) is 0 Å². The molecule has 0 fully saturated rings. The van der Waals surface area contributed by atoms with Crippen molar-refractivity contribution in [1.82, 2.24) is 34.3 Å². The summed E-state index contributed by atoms with van der Waals surface area (Å²) in [5.41, 5.74) is 6.77.